The molecule has 1 fully saturated rings. The molecule has 1 aliphatic rings. The van der Waals surface area contributed by atoms with Gasteiger partial charge in [-0.25, -0.2) is 0 Å². The molecule has 0 saturated carbocycles. The standard InChI is InChI=1S/C22H30N2O4S/c1-21(2,3)14-10-13(11-15(18(14)27)22(4,5)6)12-16-19(28)24-20(29-16)23-9-7-8-17(25)26/h10-12,27H,7-9H2,1-6H3,(H,25,26)(H,23,24,28)/b16-12+. The topological polar surface area (TPSA) is 99.0 Å². The van der Waals surface area contributed by atoms with Crippen molar-refractivity contribution in [1.29, 1.82) is 0 Å². The van der Waals surface area contributed by atoms with Crippen molar-refractivity contribution in [3.05, 3.63) is 33.7 Å². The van der Waals surface area contributed by atoms with E-state index in [4.69, 9.17) is 5.11 Å². The number of carbonyl (C=O) groups is 2. The van der Waals surface area contributed by atoms with Gasteiger partial charge >= 0.3 is 5.97 Å². The van der Waals surface area contributed by atoms with Crippen molar-refractivity contribution in [3.63, 3.8) is 0 Å². The molecule has 0 spiro atoms. The van der Waals surface area contributed by atoms with Crippen LogP contribution in [-0.2, 0) is 20.4 Å². The Hall–Kier alpha value is -2.28. The second-order valence-electron chi connectivity index (χ2n) is 9.21. The number of hydrogen-bond acceptors (Lipinski definition) is 5. The van der Waals surface area contributed by atoms with Gasteiger partial charge in [-0.15, -0.1) is 0 Å². The lowest BCUT2D eigenvalue weighted by atomic mass is 9.78. The number of nitrogens with one attached hydrogen (secondary N) is 1. The SMILES string of the molecule is CC(C)(C)c1cc(/C=C2/SC(=NCCCC(=O)O)NC2=O)cc(C(C)(C)C)c1O. The first kappa shape index (κ1) is 23.0. The fourth-order valence-corrected chi connectivity index (χ4v) is 3.79. The van der Waals surface area contributed by atoms with Crippen molar-refractivity contribution in [2.24, 2.45) is 4.99 Å². The normalized spacial score (nSPS) is 17.8. The highest BCUT2D eigenvalue weighted by atomic mass is 32.2. The largest absolute Gasteiger partial charge is 0.507 e. The fourth-order valence-electron chi connectivity index (χ4n) is 2.95. The number of hydrogen-bond donors (Lipinski definition) is 3. The van der Waals surface area contributed by atoms with Gasteiger partial charge < -0.3 is 15.5 Å². The zero-order valence-corrected chi connectivity index (χ0v) is 18.7. The molecule has 0 radical (unpaired) electrons. The van der Waals surface area contributed by atoms with E-state index >= 15 is 0 Å². The van der Waals surface area contributed by atoms with Gasteiger partial charge in [0.2, 0.25) is 0 Å². The van der Waals surface area contributed by atoms with Gasteiger partial charge in [-0.05, 0) is 52.8 Å². The van der Waals surface area contributed by atoms with E-state index in [-0.39, 0.29) is 23.2 Å². The molecule has 0 atom stereocenters. The second kappa shape index (κ2) is 8.61. The Morgan fingerprint density at radius 3 is 2.17 bits per heavy atom. The van der Waals surface area contributed by atoms with E-state index in [9.17, 15) is 14.7 Å². The lowest BCUT2D eigenvalue weighted by Gasteiger charge is -2.28. The molecule has 29 heavy (non-hydrogen) atoms. The second-order valence-corrected chi connectivity index (χ2v) is 10.2. The van der Waals surface area contributed by atoms with Crippen molar-refractivity contribution < 1.29 is 19.8 Å². The van der Waals surface area contributed by atoms with Gasteiger partial charge in [0.15, 0.2) is 5.17 Å². The fraction of sp³-hybridized carbons (Fsp3) is 0.500. The molecule has 7 heteroatoms. The molecule has 6 nitrogen and oxygen atoms in total. The highest BCUT2D eigenvalue weighted by Gasteiger charge is 2.28. The molecule has 1 heterocycles. The van der Waals surface area contributed by atoms with Gasteiger partial charge in [0.25, 0.3) is 5.91 Å². The molecule has 1 aliphatic heterocycles. The summed E-state index contributed by atoms with van der Waals surface area (Å²) >= 11 is 1.24. The summed E-state index contributed by atoms with van der Waals surface area (Å²) in [5.74, 6) is -0.781. The minimum atomic E-state index is -0.856. The van der Waals surface area contributed by atoms with Crippen LogP contribution in [0.15, 0.2) is 22.0 Å². The van der Waals surface area contributed by atoms with Gasteiger partial charge in [-0.2, -0.15) is 0 Å². The number of thioether (sulfide) groups is 1. The monoisotopic (exact) mass is 418 g/mol. The molecule has 1 amide bonds. The number of amidine groups is 1. The number of benzene rings is 1. The molecule has 1 saturated heterocycles. The average Bonchev–Trinajstić information content (AvgIpc) is 2.90. The number of carbonyl (C=O) groups excluding carboxylic acids is 1. The molecule has 2 rings (SSSR count). The van der Waals surface area contributed by atoms with Crippen molar-refractivity contribution in [1.82, 2.24) is 5.32 Å². The molecular formula is C22H30N2O4S. The van der Waals surface area contributed by atoms with Crippen LogP contribution < -0.4 is 5.32 Å². The predicted molar refractivity (Wildman–Crippen MR) is 118 cm³/mol. The Labute approximate surface area is 176 Å². The Morgan fingerprint density at radius 1 is 1.14 bits per heavy atom. The summed E-state index contributed by atoms with van der Waals surface area (Å²) in [5, 5.41) is 22.7. The number of carboxylic acids is 1. The summed E-state index contributed by atoms with van der Waals surface area (Å²) in [4.78, 5) is 27.7. The van der Waals surface area contributed by atoms with E-state index in [0.29, 0.717) is 28.8 Å². The quantitative estimate of drug-likeness (QED) is 0.486. The van der Waals surface area contributed by atoms with E-state index < -0.39 is 5.97 Å². The molecule has 0 aliphatic carbocycles. The highest BCUT2D eigenvalue weighted by molar-refractivity contribution is 8.18. The van der Waals surface area contributed by atoms with Crippen LogP contribution in [-0.4, -0.2) is 33.8 Å². The van der Waals surface area contributed by atoms with Crippen LogP contribution >= 0.6 is 11.8 Å². The van der Waals surface area contributed by atoms with E-state index in [0.717, 1.165) is 16.7 Å². The maximum Gasteiger partial charge on any atom is 0.303 e. The third kappa shape index (κ3) is 6.10. The summed E-state index contributed by atoms with van der Waals surface area (Å²) in [7, 11) is 0. The predicted octanol–water partition coefficient (Wildman–Crippen LogP) is 4.41. The first-order valence-corrected chi connectivity index (χ1v) is 10.5. The van der Waals surface area contributed by atoms with Crippen LogP contribution in [0.2, 0.25) is 0 Å². The van der Waals surface area contributed by atoms with E-state index in [1.54, 1.807) is 0 Å². The maximum atomic E-state index is 12.3. The van der Waals surface area contributed by atoms with Gasteiger partial charge in [-0.3, -0.25) is 14.6 Å². The Bertz CT molecular complexity index is 839. The third-order valence-corrected chi connectivity index (χ3v) is 5.45. The van der Waals surface area contributed by atoms with Crippen LogP contribution in [0.4, 0.5) is 0 Å². The Morgan fingerprint density at radius 2 is 1.69 bits per heavy atom. The minimum Gasteiger partial charge on any atom is -0.507 e. The molecule has 1 aromatic rings. The van der Waals surface area contributed by atoms with Crippen molar-refractivity contribution >= 4 is 34.9 Å². The molecule has 158 valence electrons. The zero-order valence-electron chi connectivity index (χ0n) is 17.9. The average molecular weight is 419 g/mol. The third-order valence-electron chi connectivity index (χ3n) is 4.50. The number of phenols is 1. The van der Waals surface area contributed by atoms with Gasteiger partial charge in [0.1, 0.15) is 5.75 Å². The molecule has 3 N–H and O–H groups in total. The summed E-state index contributed by atoms with van der Waals surface area (Å²) in [6.45, 7) is 12.6. The number of nitrogens with zero attached hydrogens (tertiary/aromatic N) is 1. The van der Waals surface area contributed by atoms with Crippen molar-refractivity contribution in [2.75, 3.05) is 6.54 Å². The van der Waals surface area contributed by atoms with Crippen LogP contribution in [0.3, 0.4) is 0 Å². The summed E-state index contributed by atoms with van der Waals surface area (Å²) in [6, 6.07) is 3.85. The number of amides is 1. The number of aliphatic imine (C=N–C) groups is 1. The van der Waals surface area contributed by atoms with Crippen molar-refractivity contribution in [3.8, 4) is 5.75 Å². The smallest absolute Gasteiger partial charge is 0.303 e. The number of phenolic OH excluding ortho intramolecular Hbond substituents is 1. The first-order chi connectivity index (χ1) is 13.3. The van der Waals surface area contributed by atoms with Gasteiger partial charge in [-0.1, -0.05) is 41.5 Å². The summed E-state index contributed by atoms with van der Waals surface area (Å²) in [5.41, 5.74) is 2.02. The van der Waals surface area contributed by atoms with Gasteiger partial charge in [0.05, 0.1) is 4.91 Å². The minimum absolute atomic E-state index is 0.0523. The maximum absolute atomic E-state index is 12.3. The van der Waals surface area contributed by atoms with Crippen LogP contribution in [0.5, 0.6) is 5.75 Å². The number of carboxylic acid groups (broad SMARTS) is 1. The van der Waals surface area contributed by atoms with E-state index in [1.807, 2.05) is 59.8 Å². The summed E-state index contributed by atoms with van der Waals surface area (Å²) < 4.78 is 0. The van der Waals surface area contributed by atoms with E-state index in [1.165, 1.54) is 11.8 Å². The Kier molecular flexibility index (Phi) is 6.83. The number of aliphatic carboxylic acids is 1. The first-order valence-electron chi connectivity index (χ1n) is 9.64. The summed E-state index contributed by atoms with van der Waals surface area (Å²) in [6.07, 6.45) is 2.29. The van der Waals surface area contributed by atoms with Crippen LogP contribution in [0, 0.1) is 0 Å². The molecular weight excluding hydrogens is 388 g/mol. The number of rotatable bonds is 5. The van der Waals surface area contributed by atoms with Crippen LogP contribution in [0.1, 0.15) is 71.1 Å². The lowest BCUT2D eigenvalue weighted by molar-refractivity contribution is -0.137. The zero-order chi connectivity index (χ0) is 22.0. The molecule has 0 bridgehead atoms. The molecule has 0 unspecified atom stereocenters. The van der Waals surface area contributed by atoms with Crippen LogP contribution in [0.25, 0.3) is 6.08 Å². The number of aromatic hydroxyl groups is 1. The van der Waals surface area contributed by atoms with Crippen molar-refractivity contribution in [2.45, 2.75) is 65.2 Å². The Balaban J connectivity index is 2.35. The molecule has 1 aromatic carbocycles. The lowest BCUT2D eigenvalue weighted by Crippen LogP contribution is -2.20. The van der Waals surface area contributed by atoms with Gasteiger partial charge in [0, 0.05) is 24.1 Å². The highest BCUT2D eigenvalue weighted by Crippen LogP contribution is 2.40. The molecule has 0 aromatic heterocycles. The van der Waals surface area contributed by atoms with E-state index in [2.05, 4.69) is 10.3 Å².